The van der Waals surface area contributed by atoms with E-state index in [1.54, 1.807) is 4.57 Å². The summed E-state index contributed by atoms with van der Waals surface area (Å²) in [4.78, 5) is 17.7. The molecule has 0 N–H and O–H groups in total. The molecular formula is C19H20N2O. The van der Waals surface area contributed by atoms with Gasteiger partial charge in [-0.05, 0) is 44.0 Å². The first-order chi connectivity index (χ1) is 10.6. The molecule has 3 aromatic rings. The maximum atomic E-state index is 13.0. The third-order valence-corrected chi connectivity index (χ3v) is 3.91. The van der Waals surface area contributed by atoms with E-state index in [2.05, 4.69) is 19.9 Å². The summed E-state index contributed by atoms with van der Waals surface area (Å²) in [6.07, 6.45) is 1.74. The Morgan fingerprint density at radius 1 is 1.09 bits per heavy atom. The van der Waals surface area contributed by atoms with Gasteiger partial charge in [-0.3, -0.25) is 9.36 Å². The minimum Gasteiger partial charge on any atom is -0.268 e. The van der Waals surface area contributed by atoms with Crippen molar-refractivity contribution >= 4 is 10.9 Å². The predicted octanol–water partition coefficient (Wildman–Crippen LogP) is 3.96. The van der Waals surface area contributed by atoms with Gasteiger partial charge in [0.2, 0.25) is 0 Å². The fourth-order valence-corrected chi connectivity index (χ4v) is 2.87. The minimum atomic E-state index is 0.0148. The van der Waals surface area contributed by atoms with Gasteiger partial charge < -0.3 is 0 Å². The van der Waals surface area contributed by atoms with Gasteiger partial charge in [0, 0.05) is 6.42 Å². The number of benzene rings is 2. The van der Waals surface area contributed by atoms with Gasteiger partial charge in [-0.2, -0.15) is 0 Å². The van der Waals surface area contributed by atoms with Gasteiger partial charge in [0.05, 0.1) is 16.6 Å². The van der Waals surface area contributed by atoms with Crippen molar-refractivity contribution in [2.24, 2.45) is 0 Å². The van der Waals surface area contributed by atoms with Crippen molar-refractivity contribution in [3.8, 4) is 5.69 Å². The quantitative estimate of drug-likeness (QED) is 0.732. The molecule has 3 rings (SSSR count). The summed E-state index contributed by atoms with van der Waals surface area (Å²) < 4.78 is 1.78. The molecule has 0 atom stereocenters. The van der Waals surface area contributed by atoms with Crippen LogP contribution in [-0.4, -0.2) is 9.55 Å². The van der Waals surface area contributed by atoms with Gasteiger partial charge in [-0.1, -0.05) is 36.8 Å². The predicted molar refractivity (Wildman–Crippen MR) is 90.8 cm³/mol. The Morgan fingerprint density at radius 2 is 1.86 bits per heavy atom. The molecule has 0 aliphatic rings. The van der Waals surface area contributed by atoms with E-state index in [1.165, 1.54) is 5.56 Å². The topological polar surface area (TPSA) is 34.9 Å². The van der Waals surface area contributed by atoms with Crippen molar-refractivity contribution in [3.05, 3.63) is 69.8 Å². The lowest BCUT2D eigenvalue weighted by Gasteiger charge is -2.15. The molecule has 2 aromatic carbocycles. The smallest absolute Gasteiger partial charge is 0.265 e. The average molecular weight is 292 g/mol. The van der Waals surface area contributed by atoms with Crippen LogP contribution in [0.2, 0.25) is 0 Å². The highest BCUT2D eigenvalue weighted by atomic mass is 16.1. The molecule has 0 saturated heterocycles. The maximum absolute atomic E-state index is 13.0. The molecule has 0 bridgehead atoms. The number of aromatic nitrogens is 2. The largest absolute Gasteiger partial charge is 0.268 e. The van der Waals surface area contributed by atoms with E-state index in [0.29, 0.717) is 5.39 Å². The normalized spacial score (nSPS) is 11.0. The van der Waals surface area contributed by atoms with Crippen molar-refractivity contribution in [1.29, 1.82) is 0 Å². The van der Waals surface area contributed by atoms with Crippen LogP contribution in [0.15, 0.2) is 47.3 Å². The highest BCUT2D eigenvalue weighted by Crippen LogP contribution is 2.18. The summed E-state index contributed by atoms with van der Waals surface area (Å²) in [7, 11) is 0. The van der Waals surface area contributed by atoms with Gasteiger partial charge >= 0.3 is 0 Å². The van der Waals surface area contributed by atoms with Gasteiger partial charge in [-0.25, -0.2) is 4.98 Å². The molecule has 0 amide bonds. The summed E-state index contributed by atoms with van der Waals surface area (Å²) in [6, 6.07) is 13.7. The zero-order valence-electron chi connectivity index (χ0n) is 13.3. The molecule has 3 heteroatoms. The Morgan fingerprint density at radius 3 is 2.59 bits per heavy atom. The number of para-hydroxylation sites is 1. The van der Waals surface area contributed by atoms with Crippen LogP contribution in [0, 0.1) is 13.8 Å². The number of hydrogen-bond donors (Lipinski definition) is 0. The van der Waals surface area contributed by atoms with Crippen LogP contribution < -0.4 is 5.56 Å². The van der Waals surface area contributed by atoms with Crippen LogP contribution in [0.1, 0.15) is 30.3 Å². The SMILES string of the molecule is CCCc1nc2ccccc2c(=O)n1-c1ccc(C)cc1C. The number of fused-ring (bicyclic) bond motifs is 1. The Bertz CT molecular complexity index is 894. The van der Waals surface area contributed by atoms with E-state index >= 15 is 0 Å². The monoisotopic (exact) mass is 292 g/mol. The van der Waals surface area contributed by atoms with Gasteiger partial charge in [0.1, 0.15) is 5.82 Å². The van der Waals surface area contributed by atoms with Crippen molar-refractivity contribution in [3.63, 3.8) is 0 Å². The molecule has 3 nitrogen and oxygen atoms in total. The van der Waals surface area contributed by atoms with E-state index in [4.69, 9.17) is 4.98 Å². The van der Waals surface area contributed by atoms with Crippen LogP contribution in [0.25, 0.3) is 16.6 Å². The number of rotatable bonds is 3. The first-order valence-corrected chi connectivity index (χ1v) is 7.70. The number of nitrogens with zero attached hydrogens (tertiary/aromatic N) is 2. The second-order valence-corrected chi connectivity index (χ2v) is 5.73. The van der Waals surface area contributed by atoms with Gasteiger partial charge in [0.15, 0.2) is 0 Å². The highest BCUT2D eigenvalue weighted by molar-refractivity contribution is 5.77. The molecular weight excluding hydrogens is 272 g/mol. The molecule has 0 aliphatic heterocycles. The third kappa shape index (κ3) is 2.43. The molecule has 0 radical (unpaired) electrons. The summed E-state index contributed by atoms with van der Waals surface area (Å²) >= 11 is 0. The molecule has 0 spiro atoms. The molecule has 1 aromatic heterocycles. The first kappa shape index (κ1) is 14.5. The highest BCUT2D eigenvalue weighted by Gasteiger charge is 2.13. The molecule has 0 aliphatic carbocycles. The van der Waals surface area contributed by atoms with Crippen LogP contribution in [0.4, 0.5) is 0 Å². The lowest BCUT2D eigenvalue weighted by molar-refractivity contribution is 0.772. The molecule has 0 fully saturated rings. The second kappa shape index (κ2) is 5.76. The maximum Gasteiger partial charge on any atom is 0.265 e. The summed E-state index contributed by atoms with van der Waals surface area (Å²) in [5, 5.41) is 0.669. The molecule has 22 heavy (non-hydrogen) atoms. The Kier molecular flexibility index (Phi) is 3.80. The Balaban J connectivity index is 2.38. The third-order valence-electron chi connectivity index (χ3n) is 3.91. The van der Waals surface area contributed by atoms with E-state index in [-0.39, 0.29) is 5.56 Å². The van der Waals surface area contributed by atoms with E-state index in [9.17, 15) is 4.79 Å². The first-order valence-electron chi connectivity index (χ1n) is 7.70. The lowest BCUT2D eigenvalue weighted by atomic mass is 10.1. The van der Waals surface area contributed by atoms with E-state index < -0.39 is 0 Å². The van der Waals surface area contributed by atoms with Gasteiger partial charge in [-0.15, -0.1) is 0 Å². The summed E-state index contributed by atoms with van der Waals surface area (Å²) in [5.41, 5.74) is 4.01. The molecule has 0 unspecified atom stereocenters. The molecule has 1 heterocycles. The van der Waals surface area contributed by atoms with Crippen molar-refractivity contribution < 1.29 is 0 Å². The van der Waals surface area contributed by atoms with Crippen LogP contribution in [0.3, 0.4) is 0 Å². The Labute approximate surface area is 130 Å². The standard InChI is InChI=1S/C19H20N2O/c1-4-7-18-20-16-9-6-5-8-15(16)19(22)21(18)17-11-10-13(2)12-14(17)3/h5-6,8-12H,4,7H2,1-3H3. The molecule has 112 valence electrons. The number of aryl methyl sites for hydroxylation is 3. The summed E-state index contributed by atoms with van der Waals surface area (Å²) in [6.45, 7) is 6.21. The fourth-order valence-electron chi connectivity index (χ4n) is 2.87. The van der Waals surface area contributed by atoms with Crippen molar-refractivity contribution in [2.45, 2.75) is 33.6 Å². The average Bonchev–Trinajstić information content (AvgIpc) is 2.49. The summed E-state index contributed by atoms with van der Waals surface area (Å²) in [5.74, 6) is 0.832. The van der Waals surface area contributed by atoms with Crippen LogP contribution >= 0.6 is 0 Å². The lowest BCUT2D eigenvalue weighted by Crippen LogP contribution is -2.24. The minimum absolute atomic E-state index is 0.0148. The zero-order valence-corrected chi connectivity index (χ0v) is 13.3. The van der Waals surface area contributed by atoms with Gasteiger partial charge in [0.25, 0.3) is 5.56 Å². The van der Waals surface area contributed by atoms with E-state index in [0.717, 1.165) is 35.4 Å². The molecule has 0 saturated carbocycles. The van der Waals surface area contributed by atoms with Crippen molar-refractivity contribution in [2.75, 3.05) is 0 Å². The van der Waals surface area contributed by atoms with Crippen LogP contribution in [-0.2, 0) is 6.42 Å². The van der Waals surface area contributed by atoms with E-state index in [1.807, 2.05) is 43.3 Å². The number of hydrogen-bond acceptors (Lipinski definition) is 2. The van der Waals surface area contributed by atoms with Crippen molar-refractivity contribution in [1.82, 2.24) is 9.55 Å². The Hall–Kier alpha value is -2.42. The fraction of sp³-hybridized carbons (Fsp3) is 0.263. The second-order valence-electron chi connectivity index (χ2n) is 5.73. The van der Waals surface area contributed by atoms with Crippen LogP contribution in [0.5, 0.6) is 0 Å². The zero-order chi connectivity index (χ0) is 15.7.